The van der Waals surface area contributed by atoms with Gasteiger partial charge in [0, 0.05) is 31.9 Å². The van der Waals surface area contributed by atoms with Crippen LogP contribution >= 0.6 is 0 Å². The highest BCUT2D eigenvalue weighted by Crippen LogP contribution is 2.25. The molecule has 1 fully saturated rings. The van der Waals surface area contributed by atoms with E-state index in [9.17, 15) is 5.11 Å². The van der Waals surface area contributed by atoms with Crippen LogP contribution in [0.4, 0.5) is 0 Å². The molecule has 3 aromatic rings. The van der Waals surface area contributed by atoms with Crippen molar-refractivity contribution in [1.82, 2.24) is 14.5 Å². The first kappa shape index (κ1) is 24.3. The zero-order valence-electron chi connectivity index (χ0n) is 20.4. The fourth-order valence-corrected chi connectivity index (χ4v) is 4.50. The minimum atomic E-state index is -0.782. The molecule has 1 aliphatic heterocycles. The maximum absolute atomic E-state index is 11.1. The lowest BCUT2D eigenvalue weighted by atomic mass is 9.96. The first-order chi connectivity index (χ1) is 16.5. The molecular weight excluding hydrogens is 426 g/mol. The summed E-state index contributed by atoms with van der Waals surface area (Å²) in [5, 5.41) is 11.1. The van der Waals surface area contributed by atoms with Crippen molar-refractivity contribution in [2.75, 3.05) is 26.3 Å². The van der Waals surface area contributed by atoms with Crippen molar-refractivity contribution in [3.8, 4) is 11.5 Å². The van der Waals surface area contributed by atoms with E-state index in [1.54, 1.807) is 0 Å². The third kappa shape index (κ3) is 6.84. The van der Waals surface area contributed by atoms with Gasteiger partial charge in [0.05, 0.1) is 12.1 Å². The molecule has 1 saturated heterocycles. The molecule has 6 heteroatoms. The van der Waals surface area contributed by atoms with Crippen molar-refractivity contribution in [2.45, 2.75) is 58.2 Å². The molecule has 1 atom stereocenters. The normalized spacial score (nSPS) is 19.0. The zero-order valence-corrected chi connectivity index (χ0v) is 20.4. The monoisotopic (exact) mass is 463 g/mol. The highest BCUT2D eigenvalue weighted by molar-refractivity contribution is 5.28. The number of ether oxygens (including phenoxy) is 2. The predicted molar refractivity (Wildman–Crippen MR) is 134 cm³/mol. The lowest BCUT2D eigenvalue weighted by Gasteiger charge is -2.27. The lowest BCUT2D eigenvalue weighted by molar-refractivity contribution is -0.0168. The summed E-state index contributed by atoms with van der Waals surface area (Å²) in [6.45, 7) is 8.59. The molecule has 0 bridgehead atoms. The van der Waals surface area contributed by atoms with Gasteiger partial charge in [0.1, 0.15) is 30.5 Å². The Kier molecular flexibility index (Phi) is 8.25. The van der Waals surface area contributed by atoms with E-state index in [1.165, 1.54) is 11.1 Å². The topological polar surface area (TPSA) is 59.8 Å². The average molecular weight is 464 g/mol. The number of rotatable bonds is 10. The van der Waals surface area contributed by atoms with Crippen LogP contribution in [0.3, 0.4) is 0 Å². The molecule has 0 aliphatic carbocycles. The van der Waals surface area contributed by atoms with Gasteiger partial charge in [0.25, 0.3) is 0 Å². The minimum Gasteiger partial charge on any atom is -0.492 e. The number of hydrogen-bond donors (Lipinski definition) is 1. The molecule has 1 N–H and O–H groups in total. The van der Waals surface area contributed by atoms with Crippen LogP contribution in [0, 0.1) is 6.92 Å². The van der Waals surface area contributed by atoms with Crippen LogP contribution in [-0.2, 0) is 19.5 Å². The number of likely N-dealkylation sites (tertiary alicyclic amines) is 1. The Labute approximate surface area is 203 Å². The second-order valence-electron chi connectivity index (χ2n) is 9.34. The quantitative estimate of drug-likeness (QED) is 0.475. The summed E-state index contributed by atoms with van der Waals surface area (Å²) in [7, 11) is 0. The Morgan fingerprint density at radius 1 is 1.03 bits per heavy atom. The molecule has 1 aromatic heterocycles. The van der Waals surface area contributed by atoms with Gasteiger partial charge < -0.3 is 19.1 Å². The number of imidazole rings is 1. The van der Waals surface area contributed by atoms with Crippen molar-refractivity contribution in [2.24, 2.45) is 0 Å². The van der Waals surface area contributed by atoms with E-state index < -0.39 is 5.60 Å². The van der Waals surface area contributed by atoms with Crippen LogP contribution in [0.5, 0.6) is 11.5 Å². The average Bonchev–Trinajstić information content (AvgIpc) is 3.22. The third-order valence-corrected chi connectivity index (χ3v) is 6.56. The summed E-state index contributed by atoms with van der Waals surface area (Å²) in [5.74, 6) is 2.80. The van der Waals surface area contributed by atoms with Crippen LogP contribution < -0.4 is 9.47 Å². The van der Waals surface area contributed by atoms with Gasteiger partial charge in [0.2, 0.25) is 0 Å². The Hall–Kier alpha value is -2.83. The second kappa shape index (κ2) is 11.5. The fraction of sp³-hybridized carbons (Fsp3) is 0.464. The largest absolute Gasteiger partial charge is 0.492 e. The molecule has 4 rings (SSSR count). The van der Waals surface area contributed by atoms with Crippen molar-refractivity contribution >= 4 is 0 Å². The van der Waals surface area contributed by atoms with E-state index in [0.717, 1.165) is 62.8 Å². The van der Waals surface area contributed by atoms with E-state index >= 15 is 0 Å². The number of aromatic nitrogens is 2. The van der Waals surface area contributed by atoms with Gasteiger partial charge in [-0.2, -0.15) is 0 Å². The summed E-state index contributed by atoms with van der Waals surface area (Å²) >= 11 is 0. The Bertz CT molecular complexity index is 1030. The molecule has 0 unspecified atom stereocenters. The standard InChI is InChI=1S/C28H37N3O3/c1-3-27-29-14-17-31(27)18-19-33-26-7-4-6-24(20-26)21-30-15-5-12-28(32,13-16-30)22-34-25-10-8-23(2)9-11-25/h4,6-11,14,17,20,32H,3,5,12-13,15-16,18-19,21-22H2,1-2H3/t28-/m1/s1. The molecule has 34 heavy (non-hydrogen) atoms. The first-order valence-electron chi connectivity index (χ1n) is 12.4. The SMILES string of the molecule is CCc1nccn1CCOc1cccc(CN2CCC[C@](O)(COc3ccc(C)cc3)CC2)c1. The van der Waals surface area contributed by atoms with E-state index in [4.69, 9.17) is 9.47 Å². The van der Waals surface area contributed by atoms with E-state index in [1.807, 2.05) is 42.7 Å². The van der Waals surface area contributed by atoms with Crippen LogP contribution in [-0.4, -0.2) is 51.5 Å². The van der Waals surface area contributed by atoms with Gasteiger partial charge in [-0.05, 0) is 62.6 Å². The van der Waals surface area contributed by atoms with Gasteiger partial charge in [0.15, 0.2) is 0 Å². The Balaban J connectivity index is 1.25. The molecule has 0 amide bonds. The Morgan fingerprint density at radius 2 is 1.88 bits per heavy atom. The number of hydrogen-bond acceptors (Lipinski definition) is 5. The smallest absolute Gasteiger partial charge is 0.119 e. The highest BCUT2D eigenvalue weighted by Gasteiger charge is 2.31. The summed E-state index contributed by atoms with van der Waals surface area (Å²) in [4.78, 5) is 6.78. The summed E-state index contributed by atoms with van der Waals surface area (Å²) in [6.07, 6.45) is 7.19. The van der Waals surface area contributed by atoms with Gasteiger partial charge in [-0.3, -0.25) is 4.90 Å². The number of aryl methyl sites for hydroxylation is 2. The van der Waals surface area contributed by atoms with Crippen LogP contribution in [0.2, 0.25) is 0 Å². The van der Waals surface area contributed by atoms with Gasteiger partial charge >= 0.3 is 0 Å². The fourth-order valence-electron chi connectivity index (χ4n) is 4.50. The van der Waals surface area contributed by atoms with Gasteiger partial charge in [-0.25, -0.2) is 4.98 Å². The van der Waals surface area contributed by atoms with Gasteiger partial charge in [-0.15, -0.1) is 0 Å². The van der Waals surface area contributed by atoms with Crippen LogP contribution in [0.1, 0.15) is 43.1 Å². The van der Waals surface area contributed by atoms with E-state index in [0.29, 0.717) is 19.6 Å². The Morgan fingerprint density at radius 3 is 2.71 bits per heavy atom. The maximum Gasteiger partial charge on any atom is 0.119 e. The maximum atomic E-state index is 11.1. The van der Waals surface area contributed by atoms with E-state index in [2.05, 4.69) is 46.5 Å². The number of aliphatic hydroxyl groups is 1. The predicted octanol–water partition coefficient (Wildman–Crippen LogP) is 4.63. The summed E-state index contributed by atoms with van der Waals surface area (Å²) in [6, 6.07) is 16.4. The molecule has 0 spiro atoms. The van der Waals surface area contributed by atoms with Crippen molar-refractivity contribution in [1.29, 1.82) is 0 Å². The molecule has 0 radical (unpaired) electrons. The van der Waals surface area contributed by atoms with Crippen LogP contribution in [0.25, 0.3) is 0 Å². The van der Waals surface area contributed by atoms with Crippen LogP contribution in [0.15, 0.2) is 60.9 Å². The second-order valence-corrected chi connectivity index (χ2v) is 9.34. The first-order valence-corrected chi connectivity index (χ1v) is 12.4. The molecule has 0 saturated carbocycles. The summed E-state index contributed by atoms with van der Waals surface area (Å²) < 4.78 is 14.1. The minimum absolute atomic E-state index is 0.337. The number of benzene rings is 2. The molecule has 6 nitrogen and oxygen atoms in total. The molecule has 2 heterocycles. The zero-order chi connectivity index (χ0) is 23.8. The van der Waals surface area contributed by atoms with E-state index in [-0.39, 0.29) is 0 Å². The van der Waals surface area contributed by atoms with Crippen molar-refractivity contribution in [3.63, 3.8) is 0 Å². The van der Waals surface area contributed by atoms with Crippen molar-refractivity contribution in [3.05, 3.63) is 77.9 Å². The molecule has 2 aromatic carbocycles. The molecular formula is C28H37N3O3. The lowest BCUT2D eigenvalue weighted by Crippen LogP contribution is -2.37. The molecule has 182 valence electrons. The van der Waals surface area contributed by atoms with Gasteiger partial charge in [-0.1, -0.05) is 36.8 Å². The summed E-state index contributed by atoms with van der Waals surface area (Å²) in [5.41, 5.74) is 1.65. The third-order valence-electron chi connectivity index (χ3n) is 6.56. The number of nitrogens with zero attached hydrogens (tertiary/aromatic N) is 3. The van der Waals surface area contributed by atoms with Crippen molar-refractivity contribution < 1.29 is 14.6 Å². The highest BCUT2D eigenvalue weighted by atomic mass is 16.5. The molecule has 1 aliphatic rings.